The third-order valence-corrected chi connectivity index (χ3v) is 6.70. The molecule has 1 N–H and O–H groups in total. The smallest absolute Gasteiger partial charge is 0.336 e. The molecule has 3 aromatic rings. The van der Waals surface area contributed by atoms with Crippen molar-refractivity contribution < 1.29 is 19.1 Å². The van der Waals surface area contributed by atoms with Crippen LogP contribution in [0.5, 0.6) is 0 Å². The molecule has 0 spiro atoms. The first-order valence-electron chi connectivity index (χ1n) is 11.6. The lowest BCUT2D eigenvalue weighted by Crippen LogP contribution is -2.32. The summed E-state index contributed by atoms with van der Waals surface area (Å²) in [5.74, 6) is -1.58. The number of nitrogens with one attached hydrogen (secondary N) is 1. The number of dihydropyridines is 1. The zero-order valence-electron chi connectivity index (χ0n) is 20.3. The number of thiazole rings is 1. The van der Waals surface area contributed by atoms with Crippen LogP contribution < -0.4 is 5.32 Å². The molecule has 4 rings (SSSR count). The summed E-state index contributed by atoms with van der Waals surface area (Å²) < 4.78 is 10.8. The van der Waals surface area contributed by atoms with E-state index in [2.05, 4.69) is 5.32 Å². The quantitative estimate of drug-likeness (QED) is 0.421. The molecule has 7 heteroatoms. The van der Waals surface area contributed by atoms with Gasteiger partial charge in [-0.25, -0.2) is 14.6 Å². The van der Waals surface area contributed by atoms with Crippen LogP contribution in [0, 0.1) is 0 Å². The Morgan fingerprint density at radius 1 is 0.886 bits per heavy atom. The Morgan fingerprint density at radius 2 is 1.46 bits per heavy atom. The largest absolute Gasteiger partial charge is 0.463 e. The van der Waals surface area contributed by atoms with Crippen molar-refractivity contribution in [2.75, 3.05) is 13.2 Å². The highest BCUT2D eigenvalue weighted by molar-refractivity contribution is 7.13. The van der Waals surface area contributed by atoms with Crippen LogP contribution in [0.4, 0.5) is 0 Å². The number of ether oxygens (including phenoxy) is 2. The number of allylic oxidation sites excluding steroid dienone is 2. The first-order chi connectivity index (χ1) is 17.0. The van der Waals surface area contributed by atoms with E-state index >= 15 is 0 Å². The van der Waals surface area contributed by atoms with Gasteiger partial charge < -0.3 is 14.8 Å². The van der Waals surface area contributed by atoms with Crippen LogP contribution in [0.1, 0.15) is 39.2 Å². The Hall–Kier alpha value is -3.71. The average Bonchev–Trinajstić information content (AvgIpc) is 3.34. The summed E-state index contributed by atoms with van der Waals surface area (Å²) in [5, 5.41) is 6.01. The van der Waals surface area contributed by atoms with E-state index in [1.54, 1.807) is 13.8 Å². The van der Waals surface area contributed by atoms with E-state index in [4.69, 9.17) is 14.5 Å². The first-order valence-corrected chi connectivity index (χ1v) is 12.5. The van der Waals surface area contributed by atoms with Gasteiger partial charge >= 0.3 is 11.9 Å². The van der Waals surface area contributed by atoms with Gasteiger partial charge in [-0.05, 0) is 33.3 Å². The Balaban J connectivity index is 1.89. The third kappa shape index (κ3) is 4.91. The minimum atomic E-state index is -0.658. The molecule has 0 saturated heterocycles. The van der Waals surface area contributed by atoms with E-state index in [-0.39, 0.29) is 13.2 Å². The normalized spacial score (nSPS) is 14.1. The van der Waals surface area contributed by atoms with Crippen molar-refractivity contribution in [3.63, 3.8) is 0 Å². The number of nitrogens with zero attached hydrogens (tertiary/aromatic N) is 1. The van der Waals surface area contributed by atoms with Crippen molar-refractivity contribution in [2.24, 2.45) is 0 Å². The number of hydrogen-bond donors (Lipinski definition) is 1. The van der Waals surface area contributed by atoms with E-state index in [0.29, 0.717) is 22.5 Å². The highest BCUT2D eigenvalue weighted by Gasteiger charge is 2.39. The summed E-state index contributed by atoms with van der Waals surface area (Å²) in [5.41, 5.74) is 5.65. The van der Waals surface area contributed by atoms with Crippen molar-refractivity contribution in [3.8, 4) is 21.8 Å². The van der Waals surface area contributed by atoms with E-state index in [9.17, 15) is 9.59 Å². The maximum atomic E-state index is 13.2. The van der Waals surface area contributed by atoms with Crippen molar-refractivity contribution in [3.05, 3.63) is 88.1 Å². The summed E-state index contributed by atoms with van der Waals surface area (Å²) in [7, 11) is 0. The molecule has 1 aliphatic heterocycles. The van der Waals surface area contributed by atoms with Crippen molar-refractivity contribution in [1.29, 1.82) is 0 Å². The maximum Gasteiger partial charge on any atom is 0.336 e. The van der Waals surface area contributed by atoms with E-state index < -0.39 is 17.9 Å². The minimum Gasteiger partial charge on any atom is -0.463 e. The summed E-state index contributed by atoms with van der Waals surface area (Å²) in [6, 6.07) is 17.7. The second-order valence-corrected chi connectivity index (χ2v) is 8.93. The van der Waals surface area contributed by atoms with Gasteiger partial charge in [0.25, 0.3) is 0 Å². The molecule has 0 saturated carbocycles. The second-order valence-electron chi connectivity index (χ2n) is 8.07. The van der Waals surface area contributed by atoms with Crippen molar-refractivity contribution in [1.82, 2.24) is 10.3 Å². The number of aromatic nitrogens is 1. The summed E-state index contributed by atoms with van der Waals surface area (Å²) >= 11 is 1.53. The number of carbonyl (C=O) groups excluding carboxylic acids is 2. The van der Waals surface area contributed by atoms with Gasteiger partial charge in [0.05, 0.1) is 36.0 Å². The zero-order chi connectivity index (χ0) is 24.9. The van der Waals surface area contributed by atoms with Crippen LogP contribution in [0.15, 0.2) is 82.5 Å². The van der Waals surface area contributed by atoms with E-state index in [1.165, 1.54) is 11.3 Å². The molecular weight excluding hydrogens is 460 g/mol. The number of hydrogen-bond acceptors (Lipinski definition) is 7. The van der Waals surface area contributed by atoms with E-state index in [0.717, 1.165) is 27.4 Å². The standard InChI is InChI=1S/C28H28N2O4S/c1-5-33-27(31)23-17(3)29-18(4)24(28(32)34-6-2)25(23)20-14-10-11-15-21(20)26-30-22(16-35-26)19-12-8-7-9-13-19/h7-16,25,29H,5-6H2,1-4H3. The molecule has 1 aliphatic rings. The molecule has 0 aliphatic carbocycles. The van der Waals surface area contributed by atoms with Gasteiger partial charge in [0, 0.05) is 27.9 Å². The van der Waals surface area contributed by atoms with Gasteiger partial charge in [0.2, 0.25) is 0 Å². The third-order valence-electron chi connectivity index (χ3n) is 5.83. The highest BCUT2D eigenvalue weighted by atomic mass is 32.1. The molecule has 0 fully saturated rings. The molecule has 2 aromatic carbocycles. The first kappa shape index (κ1) is 24.4. The molecule has 0 unspecified atom stereocenters. The molecule has 35 heavy (non-hydrogen) atoms. The van der Waals surface area contributed by atoms with Crippen LogP contribution >= 0.6 is 11.3 Å². The maximum absolute atomic E-state index is 13.2. The van der Waals surface area contributed by atoms with Gasteiger partial charge in [-0.1, -0.05) is 54.6 Å². The van der Waals surface area contributed by atoms with Crippen LogP contribution in [-0.2, 0) is 19.1 Å². The summed E-state index contributed by atoms with van der Waals surface area (Å²) in [4.78, 5) is 31.2. The fourth-order valence-electron chi connectivity index (χ4n) is 4.35. The fraction of sp³-hybridized carbons (Fsp3) is 0.250. The Kier molecular flexibility index (Phi) is 7.46. The zero-order valence-corrected chi connectivity index (χ0v) is 21.1. The van der Waals surface area contributed by atoms with Gasteiger partial charge in [-0.2, -0.15) is 0 Å². The highest BCUT2D eigenvalue weighted by Crippen LogP contribution is 2.44. The average molecular weight is 489 g/mol. The topological polar surface area (TPSA) is 77.5 Å². The summed E-state index contributed by atoms with van der Waals surface area (Å²) in [6.07, 6.45) is 0. The molecule has 2 heterocycles. The number of benzene rings is 2. The second kappa shape index (κ2) is 10.7. The molecule has 180 valence electrons. The fourth-order valence-corrected chi connectivity index (χ4v) is 5.22. The Bertz CT molecular complexity index is 1270. The lowest BCUT2D eigenvalue weighted by molar-refractivity contribution is -0.139. The Labute approximate surface area is 209 Å². The molecule has 0 radical (unpaired) electrons. The molecule has 1 aromatic heterocycles. The van der Waals surface area contributed by atoms with Crippen LogP contribution in [0.3, 0.4) is 0 Å². The van der Waals surface area contributed by atoms with Gasteiger partial charge in [0.15, 0.2) is 0 Å². The minimum absolute atomic E-state index is 0.230. The lowest BCUT2D eigenvalue weighted by atomic mass is 9.78. The number of rotatable bonds is 7. The van der Waals surface area contributed by atoms with Crippen molar-refractivity contribution >= 4 is 23.3 Å². The molecule has 6 nitrogen and oxygen atoms in total. The predicted octanol–water partition coefficient (Wildman–Crippen LogP) is 5.84. The molecule has 0 atom stereocenters. The SMILES string of the molecule is CCOC(=O)C1=C(C)NC(C)=C(C(=O)OCC)C1c1ccccc1-c1nc(-c2ccccc2)cs1. The monoisotopic (exact) mass is 488 g/mol. The van der Waals surface area contributed by atoms with Gasteiger partial charge in [-0.3, -0.25) is 0 Å². The molecule has 0 amide bonds. The lowest BCUT2D eigenvalue weighted by Gasteiger charge is -2.31. The van der Waals surface area contributed by atoms with Crippen LogP contribution in [-0.4, -0.2) is 30.1 Å². The summed E-state index contributed by atoms with van der Waals surface area (Å²) in [6.45, 7) is 7.64. The predicted molar refractivity (Wildman–Crippen MR) is 138 cm³/mol. The van der Waals surface area contributed by atoms with Crippen LogP contribution in [0.25, 0.3) is 21.8 Å². The molecular formula is C28H28N2O4S. The number of esters is 2. The van der Waals surface area contributed by atoms with Gasteiger partial charge in [-0.15, -0.1) is 11.3 Å². The Morgan fingerprint density at radius 3 is 2.06 bits per heavy atom. The van der Waals surface area contributed by atoms with Crippen LogP contribution in [0.2, 0.25) is 0 Å². The van der Waals surface area contributed by atoms with E-state index in [1.807, 2.05) is 73.8 Å². The number of carbonyl (C=O) groups is 2. The van der Waals surface area contributed by atoms with Gasteiger partial charge in [0.1, 0.15) is 5.01 Å². The molecule has 0 bridgehead atoms. The van der Waals surface area contributed by atoms with Crippen molar-refractivity contribution in [2.45, 2.75) is 33.6 Å².